The van der Waals surface area contributed by atoms with Gasteiger partial charge in [-0.2, -0.15) is 9.50 Å². The monoisotopic (exact) mass is 378 g/mol. The van der Waals surface area contributed by atoms with Crippen LogP contribution in [0.2, 0.25) is 0 Å². The summed E-state index contributed by atoms with van der Waals surface area (Å²) in [7, 11) is 0. The normalized spacial score (nSPS) is 12.0. The number of unbranched alkanes of at least 4 members (excludes halogenated alkanes) is 1. The quantitative estimate of drug-likeness (QED) is 0.483. The van der Waals surface area contributed by atoms with E-state index in [1.807, 2.05) is 42.5 Å². The average Bonchev–Trinajstić information content (AvgIpc) is 3.24. The lowest BCUT2D eigenvalue weighted by atomic mass is 10.2. The SMILES string of the molecule is CCCCOc1ccccc1/C=c1\sc2nc(-c3ccncc3)nn2c1=O. The van der Waals surface area contributed by atoms with Crippen molar-refractivity contribution in [2.75, 3.05) is 6.61 Å². The van der Waals surface area contributed by atoms with Crippen molar-refractivity contribution >= 4 is 22.4 Å². The fraction of sp³-hybridized carbons (Fsp3) is 0.200. The molecule has 0 radical (unpaired) electrons. The lowest BCUT2D eigenvalue weighted by molar-refractivity contribution is 0.309. The van der Waals surface area contributed by atoms with Gasteiger partial charge in [-0.25, -0.2) is 0 Å². The molecule has 27 heavy (non-hydrogen) atoms. The third kappa shape index (κ3) is 3.59. The summed E-state index contributed by atoms with van der Waals surface area (Å²) in [6, 6.07) is 11.4. The summed E-state index contributed by atoms with van der Waals surface area (Å²) in [5.41, 5.74) is 1.54. The van der Waals surface area contributed by atoms with Crippen molar-refractivity contribution in [1.82, 2.24) is 19.6 Å². The summed E-state index contributed by atoms with van der Waals surface area (Å²) >= 11 is 1.32. The zero-order valence-electron chi connectivity index (χ0n) is 14.8. The van der Waals surface area contributed by atoms with Gasteiger partial charge in [-0.05, 0) is 30.7 Å². The second-order valence-electron chi connectivity index (χ2n) is 6.02. The number of aromatic nitrogens is 4. The molecular formula is C20H18N4O2S. The highest BCUT2D eigenvalue weighted by Gasteiger charge is 2.12. The minimum atomic E-state index is -0.175. The van der Waals surface area contributed by atoms with Crippen molar-refractivity contribution in [3.8, 4) is 17.1 Å². The van der Waals surface area contributed by atoms with Crippen LogP contribution >= 0.6 is 11.3 Å². The van der Waals surface area contributed by atoms with E-state index in [1.165, 1.54) is 15.9 Å². The predicted molar refractivity (Wildman–Crippen MR) is 106 cm³/mol. The van der Waals surface area contributed by atoms with Gasteiger partial charge >= 0.3 is 0 Å². The number of thiazole rings is 1. The molecule has 0 saturated carbocycles. The van der Waals surface area contributed by atoms with Gasteiger partial charge in [-0.15, -0.1) is 5.10 Å². The summed E-state index contributed by atoms with van der Waals surface area (Å²) in [6.45, 7) is 2.79. The summed E-state index contributed by atoms with van der Waals surface area (Å²) in [4.78, 5) is 21.8. The summed E-state index contributed by atoms with van der Waals surface area (Å²) in [5, 5.41) is 4.35. The Morgan fingerprint density at radius 1 is 1.19 bits per heavy atom. The second-order valence-corrected chi connectivity index (χ2v) is 7.03. The molecule has 0 atom stereocenters. The summed E-state index contributed by atoms with van der Waals surface area (Å²) < 4.78 is 7.78. The fourth-order valence-electron chi connectivity index (χ4n) is 2.66. The highest BCUT2D eigenvalue weighted by atomic mass is 32.1. The summed E-state index contributed by atoms with van der Waals surface area (Å²) in [5.74, 6) is 1.30. The Morgan fingerprint density at radius 2 is 2.00 bits per heavy atom. The molecule has 0 aliphatic carbocycles. The van der Waals surface area contributed by atoms with E-state index in [-0.39, 0.29) is 5.56 Å². The molecular weight excluding hydrogens is 360 g/mol. The van der Waals surface area contributed by atoms with Crippen LogP contribution in [0.1, 0.15) is 25.3 Å². The van der Waals surface area contributed by atoms with Crippen molar-refractivity contribution in [1.29, 1.82) is 0 Å². The zero-order valence-corrected chi connectivity index (χ0v) is 15.6. The molecule has 4 rings (SSSR count). The molecule has 0 bridgehead atoms. The topological polar surface area (TPSA) is 69.4 Å². The lowest BCUT2D eigenvalue weighted by Gasteiger charge is -2.07. The predicted octanol–water partition coefficient (Wildman–Crippen LogP) is 2.94. The van der Waals surface area contributed by atoms with Crippen molar-refractivity contribution in [2.24, 2.45) is 0 Å². The average molecular weight is 378 g/mol. The van der Waals surface area contributed by atoms with Crippen LogP contribution in [-0.4, -0.2) is 26.2 Å². The second kappa shape index (κ2) is 7.67. The van der Waals surface area contributed by atoms with Crippen LogP contribution in [-0.2, 0) is 0 Å². The number of nitrogens with zero attached hydrogens (tertiary/aromatic N) is 4. The minimum absolute atomic E-state index is 0.175. The van der Waals surface area contributed by atoms with Gasteiger partial charge < -0.3 is 4.74 Å². The molecule has 0 N–H and O–H groups in total. The molecule has 6 nitrogen and oxygen atoms in total. The summed E-state index contributed by atoms with van der Waals surface area (Å²) in [6.07, 6.45) is 7.27. The van der Waals surface area contributed by atoms with Gasteiger partial charge in [0.2, 0.25) is 4.96 Å². The molecule has 0 aliphatic heterocycles. The first-order valence-electron chi connectivity index (χ1n) is 8.80. The number of hydrogen-bond donors (Lipinski definition) is 0. The van der Waals surface area contributed by atoms with Gasteiger partial charge in [-0.3, -0.25) is 9.78 Å². The molecule has 7 heteroatoms. The number of ether oxygens (including phenoxy) is 1. The van der Waals surface area contributed by atoms with Gasteiger partial charge in [0.15, 0.2) is 5.82 Å². The lowest BCUT2D eigenvalue weighted by Crippen LogP contribution is -2.23. The molecule has 3 heterocycles. The Morgan fingerprint density at radius 3 is 2.78 bits per heavy atom. The standard InChI is InChI=1S/C20H18N4O2S/c1-2-3-12-26-16-7-5-4-6-15(16)13-17-19(25)24-20(27-17)22-18(23-24)14-8-10-21-11-9-14/h4-11,13H,2-3,12H2,1H3/b17-13-. The number of pyridine rings is 1. The van der Waals surface area contributed by atoms with Gasteiger partial charge in [0.05, 0.1) is 11.1 Å². The number of para-hydroxylation sites is 1. The van der Waals surface area contributed by atoms with Crippen LogP contribution in [0.5, 0.6) is 5.75 Å². The van der Waals surface area contributed by atoms with Crippen molar-refractivity contribution in [3.05, 3.63) is 69.2 Å². The smallest absolute Gasteiger partial charge is 0.291 e. The van der Waals surface area contributed by atoms with Gasteiger partial charge in [0, 0.05) is 23.5 Å². The van der Waals surface area contributed by atoms with Crippen LogP contribution in [0.15, 0.2) is 53.6 Å². The van der Waals surface area contributed by atoms with Crippen LogP contribution in [0.25, 0.3) is 22.4 Å². The van der Waals surface area contributed by atoms with E-state index in [2.05, 4.69) is 22.0 Å². The van der Waals surface area contributed by atoms with Gasteiger partial charge in [-0.1, -0.05) is 42.9 Å². The van der Waals surface area contributed by atoms with Crippen molar-refractivity contribution < 1.29 is 4.74 Å². The molecule has 0 aliphatic rings. The maximum Gasteiger partial charge on any atom is 0.291 e. The van der Waals surface area contributed by atoms with Crippen LogP contribution in [0, 0.1) is 0 Å². The van der Waals surface area contributed by atoms with Gasteiger partial charge in [0.1, 0.15) is 5.75 Å². The molecule has 0 fully saturated rings. The highest BCUT2D eigenvalue weighted by molar-refractivity contribution is 7.15. The molecule has 0 spiro atoms. The molecule has 1 aromatic carbocycles. The molecule has 0 amide bonds. The van der Waals surface area contributed by atoms with Crippen molar-refractivity contribution in [2.45, 2.75) is 19.8 Å². The first-order chi connectivity index (χ1) is 13.3. The largest absolute Gasteiger partial charge is 0.493 e. The number of fused-ring (bicyclic) bond motifs is 1. The van der Waals surface area contributed by atoms with E-state index < -0.39 is 0 Å². The van der Waals surface area contributed by atoms with Crippen LogP contribution in [0.4, 0.5) is 0 Å². The number of rotatable bonds is 6. The Kier molecular flexibility index (Phi) is 4.93. The van der Waals surface area contributed by atoms with E-state index >= 15 is 0 Å². The Balaban J connectivity index is 1.72. The molecule has 0 saturated heterocycles. The maximum absolute atomic E-state index is 12.7. The maximum atomic E-state index is 12.7. The first kappa shape index (κ1) is 17.4. The third-order valence-electron chi connectivity index (χ3n) is 4.08. The molecule has 0 unspecified atom stereocenters. The third-order valence-corrected chi connectivity index (χ3v) is 5.04. The Bertz CT molecular complexity index is 1170. The van der Waals surface area contributed by atoms with Crippen molar-refractivity contribution in [3.63, 3.8) is 0 Å². The van der Waals surface area contributed by atoms with E-state index in [1.54, 1.807) is 12.4 Å². The van der Waals surface area contributed by atoms with Gasteiger partial charge in [0.25, 0.3) is 5.56 Å². The van der Waals surface area contributed by atoms with Crippen LogP contribution in [0.3, 0.4) is 0 Å². The van der Waals surface area contributed by atoms with E-state index in [0.717, 1.165) is 29.7 Å². The Hall–Kier alpha value is -3.06. The molecule has 3 aromatic heterocycles. The van der Waals surface area contributed by atoms with E-state index in [4.69, 9.17) is 4.74 Å². The number of benzene rings is 1. The fourth-order valence-corrected chi connectivity index (χ4v) is 3.55. The molecule has 136 valence electrons. The van der Waals surface area contributed by atoms with E-state index in [9.17, 15) is 4.79 Å². The Labute approximate surface area is 159 Å². The zero-order chi connectivity index (χ0) is 18.6. The number of hydrogen-bond acceptors (Lipinski definition) is 6. The molecule has 4 aromatic rings. The van der Waals surface area contributed by atoms with E-state index in [0.29, 0.717) is 21.9 Å². The minimum Gasteiger partial charge on any atom is -0.493 e. The van der Waals surface area contributed by atoms with Crippen LogP contribution < -0.4 is 14.8 Å². The first-order valence-corrected chi connectivity index (χ1v) is 9.61. The highest BCUT2D eigenvalue weighted by Crippen LogP contribution is 2.19.